The minimum atomic E-state index is -0.672. The first-order valence-electron chi connectivity index (χ1n) is 9.04. The van der Waals surface area contributed by atoms with Gasteiger partial charge < -0.3 is 10.2 Å². The Morgan fingerprint density at radius 1 is 1.28 bits per heavy atom. The van der Waals surface area contributed by atoms with Crippen LogP contribution in [0.5, 0.6) is 0 Å². The number of pyridine rings is 1. The summed E-state index contributed by atoms with van der Waals surface area (Å²) < 4.78 is 29.3. The van der Waals surface area contributed by atoms with Gasteiger partial charge in [-0.2, -0.15) is 5.10 Å². The summed E-state index contributed by atoms with van der Waals surface area (Å²) in [5, 5.41) is 7.51. The van der Waals surface area contributed by atoms with Crippen LogP contribution in [0.1, 0.15) is 18.3 Å². The maximum Gasteiger partial charge on any atom is 0.322 e. The minimum Gasteiger partial charge on any atom is -0.314 e. The van der Waals surface area contributed by atoms with Crippen molar-refractivity contribution in [2.45, 2.75) is 33.0 Å². The molecule has 1 aliphatic rings. The molecule has 1 aliphatic heterocycles. The molecule has 0 saturated heterocycles. The number of aryl methyl sites for hydroxylation is 1. The number of nitrogens with one attached hydrogen (secondary N) is 1. The van der Waals surface area contributed by atoms with Crippen LogP contribution >= 0.6 is 11.6 Å². The van der Waals surface area contributed by atoms with Crippen LogP contribution in [0.15, 0.2) is 36.7 Å². The summed E-state index contributed by atoms with van der Waals surface area (Å²) in [4.78, 5) is 18.6. The summed E-state index contributed by atoms with van der Waals surface area (Å²) >= 11 is 6.23. The molecule has 29 heavy (non-hydrogen) atoms. The van der Waals surface area contributed by atoms with Gasteiger partial charge in [0.1, 0.15) is 11.6 Å². The highest BCUT2D eigenvalue weighted by molar-refractivity contribution is 6.34. The number of urea groups is 1. The predicted molar refractivity (Wildman–Crippen MR) is 106 cm³/mol. The Kier molecular flexibility index (Phi) is 4.96. The first kappa shape index (κ1) is 19.3. The summed E-state index contributed by atoms with van der Waals surface area (Å²) in [5.41, 5.74) is 2.55. The third kappa shape index (κ3) is 3.55. The fraction of sp³-hybridized carbons (Fsp3) is 0.250. The molecular weight excluding hydrogens is 400 g/mol. The second kappa shape index (κ2) is 7.44. The van der Waals surface area contributed by atoms with Gasteiger partial charge in [0.2, 0.25) is 0 Å². The molecule has 3 heterocycles. The molecule has 0 spiro atoms. The number of amides is 2. The Morgan fingerprint density at radius 3 is 2.83 bits per heavy atom. The molecule has 2 amide bonds. The van der Waals surface area contributed by atoms with E-state index in [0.717, 1.165) is 6.07 Å². The van der Waals surface area contributed by atoms with Crippen molar-refractivity contribution in [3.8, 4) is 11.1 Å². The van der Waals surface area contributed by atoms with Gasteiger partial charge in [0.05, 0.1) is 47.4 Å². The largest absolute Gasteiger partial charge is 0.322 e. The lowest BCUT2D eigenvalue weighted by molar-refractivity contribution is 0.162. The molecule has 0 fully saturated rings. The number of aromatic nitrogens is 3. The van der Waals surface area contributed by atoms with E-state index in [0.29, 0.717) is 34.2 Å². The van der Waals surface area contributed by atoms with Crippen molar-refractivity contribution in [2.75, 3.05) is 5.32 Å². The summed E-state index contributed by atoms with van der Waals surface area (Å²) in [6, 6.07) is 4.57. The standard InChI is InChI=1S/C20H18ClF2N5O/c1-11-9-28-18(15(8-25-28)14-4-3-13(22)7-16(14)23)10-27(11)20(29)26-17-5-6-24-12(2)19(17)21/h3-8,11H,9-10H2,1-2H3,(H,24,26,29). The lowest BCUT2D eigenvalue weighted by Crippen LogP contribution is -2.47. The number of fused-ring (bicyclic) bond motifs is 1. The van der Waals surface area contributed by atoms with Crippen LogP contribution in [0.4, 0.5) is 19.3 Å². The van der Waals surface area contributed by atoms with Crippen LogP contribution < -0.4 is 5.32 Å². The van der Waals surface area contributed by atoms with Crippen molar-refractivity contribution in [1.29, 1.82) is 0 Å². The van der Waals surface area contributed by atoms with E-state index < -0.39 is 11.6 Å². The number of carbonyl (C=O) groups is 1. The number of anilines is 1. The van der Waals surface area contributed by atoms with E-state index in [1.165, 1.54) is 12.1 Å². The normalized spacial score (nSPS) is 15.9. The second-order valence-electron chi connectivity index (χ2n) is 6.98. The van der Waals surface area contributed by atoms with E-state index in [-0.39, 0.29) is 24.2 Å². The zero-order chi connectivity index (χ0) is 20.7. The number of carbonyl (C=O) groups excluding carboxylic acids is 1. The van der Waals surface area contributed by atoms with E-state index in [4.69, 9.17) is 11.6 Å². The molecule has 1 aromatic carbocycles. The van der Waals surface area contributed by atoms with E-state index in [9.17, 15) is 13.6 Å². The molecule has 2 aromatic heterocycles. The van der Waals surface area contributed by atoms with Crippen molar-refractivity contribution >= 4 is 23.3 Å². The number of halogens is 3. The Labute approximate surface area is 171 Å². The van der Waals surface area contributed by atoms with Gasteiger partial charge in [0.25, 0.3) is 0 Å². The van der Waals surface area contributed by atoms with E-state index in [1.54, 1.807) is 35.0 Å². The quantitative estimate of drug-likeness (QED) is 0.661. The van der Waals surface area contributed by atoms with Gasteiger partial charge in [-0.3, -0.25) is 9.67 Å². The van der Waals surface area contributed by atoms with Gasteiger partial charge in [0.15, 0.2) is 0 Å². The van der Waals surface area contributed by atoms with Crippen LogP contribution in [0, 0.1) is 18.6 Å². The maximum atomic E-state index is 14.3. The highest BCUT2D eigenvalue weighted by Gasteiger charge is 2.30. The van der Waals surface area contributed by atoms with Crippen molar-refractivity contribution < 1.29 is 13.6 Å². The molecule has 1 N–H and O–H groups in total. The van der Waals surface area contributed by atoms with Crippen LogP contribution in [0.25, 0.3) is 11.1 Å². The smallest absolute Gasteiger partial charge is 0.314 e. The zero-order valence-corrected chi connectivity index (χ0v) is 16.5. The molecule has 0 saturated carbocycles. The molecule has 0 bridgehead atoms. The fourth-order valence-electron chi connectivity index (χ4n) is 3.44. The summed E-state index contributed by atoms with van der Waals surface area (Å²) in [6.07, 6.45) is 3.11. The zero-order valence-electron chi connectivity index (χ0n) is 15.8. The molecule has 9 heteroatoms. The van der Waals surface area contributed by atoms with Gasteiger partial charge in [-0.05, 0) is 32.0 Å². The summed E-state index contributed by atoms with van der Waals surface area (Å²) in [7, 11) is 0. The Hall–Kier alpha value is -3.00. The van der Waals surface area contributed by atoms with Crippen molar-refractivity contribution in [3.05, 3.63) is 64.7 Å². The van der Waals surface area contributed by atoms with E-state index >= 15 is 0 Å². The molecule has 6 nitrogen and oxygen atoms in total. The molecule has 150 valence electrons. The van der Waals surface area contributed by atoms with Gasteiger partial charge in [0, 0.05) is 23.4 Å². The first-order valence-corrected chi connectivity index (χ1v) is 9.41. The molecular formula is C20H18ClF2N5O. The van der Waals surface area contributed by atoms with E-state index in [1.807, 2.05) is 6.92 Å². The SMILES string of the molecule is Cc1nccc(NC(=O)N2Cc3c(-c4ccc(F)cc4F)cnn3CC2C)c1Cl. The molecule has 1 atom stereocenters. The van der Waals surface area contributed by atoms with E-state index in [2.05, 4.69) is 15.4 Å². The lowest BCUT2D eigenvalue weighted by Gasteiger charge is -2.34. The summed E-state index contributed by atoms with van der Waals surface area (Å²) in [6.45, 7) is 4.33. The van der Waals surface area contributed by atoms with Crippen LogP contribution in [-0.4, -0.2) is 31.7 Å². The minimum absolute atomic E-state index is 0.143. The highest BCUT2D eigenvalue weighted by atomic mass is 35.5. The monoisotopic (exact) mass is 417 g/mol. The fourth-order valence-corrected chi connectivity index (χ4v) is 3.60. The summed E-state index contributed by atoms with van der Waals surface area (Å²) in [5.74, 6) is -1.32. The molecule has 0 radical (unpaired) electrons. The number of hydrogen-bond donors (Lipinski definition) is 1. The second-order valence-corrected chi connectivity index (χ2v) is 7.35. The number of nitrogens with zero attached hydrogens (tertiary/aromatic N) is 4. The van der Waals surface area contributed by atoms with Gasteiger partial charge >= 0.3 is 6.03 Å². The number of hydrogen-bond acceptors (Lipinski definition) is 3. The topological polar surface area (TPSA) is 63.1 Å². The Bertz CT molecular complexity index is 1100. The lowest BCUT2D eigenvalue weighted by atomic mass is 10.0. The van der Waals surface area contributed by atoms with Crippen LogP contribution in [0.3, 0.4) is 0 Å². The maximum absolute atomic E-state index is 14.3. The molecule has 4 rings (SSSR count). The highest BCUT2D eigenvalue weighted by Crippen LogP contribution is 2.31. The Morgan fingerprint density at radius 2 is 2.07 bits per heavy atom. The third-order valence-electron chi connectivity index (χ3n) is 5.03. The molecule has 3 aromatic rings. The molecule has 1 unspecified atom stereocenters. The van der Waals surface area contributed by atoms with Crippen molar-refractivity contribution in [1.82, 2.24) is 19.7 Å². The van der Waals surface area contributed by atoms with Crippen LogP contribution in [0.2, 0.25) is 5.02 Å². The average molecular weight is 418 g/mol. The average Bonchev–Trinajstić information content (AvgIpc) is 3.07. The van der Waals surface area contributed by atoms with Crippen LogP contribution in [-0.2, 0) is 13.1 Å². The number of benzene rings is 1. The van der Waals surface area contributed by atoms with Gasteiger partial charge in [-0.1, -0.05) is 11.6 Å². The Balaban J connectivity index is 1.63. The van der Waals surface area contributed by atoms with Gasteiger partial charge in [-0.25, -0.2) is 13.6 Å². The number of rotatable bonds is 2. The van der Waals surface area contributed by atoms with Crippen molar-refractivity contribution in [3.63, 3.8) is 0 Å². The van der Waals surface area contributed by atoms with Crippen molar-refractivity contribution in [2.24, 2.45) is 0 Å². The first-order chi connectivity index (χ1) is 13.8. The van der Waals surface area contributed by atoms with Gasteiger partial charge in [-0.15, -0.1) is 0 Å². The predicted octanol–water partition coefficient (Wildman–Crippen LogP) is 4.62. The molecule has 0 aliphatic carbocycles. The third-order valence-corrected chi connectivity index (χ3v) is 5.50.